The summed E-state index contributed by atoms with van der Waals surface area (Å²) in [6.45, 7) is 4.77. The van der Waals surface area contributed by atoms with Crippen LogP contribution in [0.5, 0.6) is 5.88 Å². The second-order valence-electron chi connectivity index (χ2n) is 5.74. The lowest BCUT2D eigenvalue weighted by atomic mass is 9.94. The van der Waals surface area contributed by atoms with E-state index in [2.05, 4.69) is 25.2 Å². The summed E-state index contributed by atoms with van der Waals surface area (Å²) in [6.07, 6.45) is 3.27. The Hall–Kier alpha value is -2.02. The van der Waals surface area contributed by atoms with Crippen LogP contribution in [0.2, 0.25) is 0 Å². The summed E-state index contributed by atoms with van der Waals surface area (Å²) < 4.78 is 10.1. The predicted octanol–water partition coefficient (Wildman–Crippen LogP) is 1.63. The smallest absolute Gasteiger partial charge is 0.233 e. The van der Waals surface area contributed by atoms with Crippen molar-refractivity contribution in [3.63, 3.8) is 0 Å². The quantitative estimate of drug-likeness (QED) is 0.830. The number of methoxy groups -OCH3 is 1. The third-order valence-electron chi connectivity index (χ3n) is 3.93. The van der Waals surface area contributed by atoms with Crippen molar-refractivity contribution in [3.05, 3.63) is 29.5 Å². The fourth-order valence-electron chi connectivity index (χ4n) is 2.91. The van der Waals surface area contributed by atoms with Gasteiger partial charge in [0.1, 0.15) is 0 Å². The highest BCUT2D eigenvalue weighted by Crippen LogP contribution is 2.21. The number of hydrogen-bond donors (Lipinski definition) is 0. The number of hydrogen-bond acceptors (Lipinski definition) is 7. The summed E-state index contributed by atoms with van der Waals surface area (Å²) in [6, 6.07) is 3.82. The molecule has 0 amide bonds. The Morgan fingerprint density at radius 3 is 2.95 bits per heavy atom. The average molecular weight is 303 g/mol. The molecule has 0 saturated carbocycles. The normalized spacial score (nSPS) is 19.3. The molecule has 0 radical (unpaired) electrons. The molecule has 0 unspecified atom stereocenters. The summed E-state index contributed by atoms with van der Waals surface area (Å²) in [4.78, 5) is 6.71. The lowest BCUT2D eigenvalue weighted by molar-refractivity contribution is 0.163. The molecule has 3 rings (SSSR count). The van der Waals surface area contributed by atoms with Crippen LogP contribution in [0.4, 0.5) is 0 Å². The monoisotopic (exact) mass is 303 g/mol. The van der Waals surface area contributed by atoms with E-state index in [1.165, 1.54) is 12.8 Å². The molecule has 118 valence electrons. The zero-order valence-electron chi connectivity index (χ0n) is 13.0. The summed E-state index contributed by atoms with van der Waals surface area (Å²) in [5.41, 5.74) is 0.969. The molecule has 0 spiro atoms. The Morgan fingerprint density at radius 1 is 1.36 bits per heavy atom. The molecule has 3 heterocycles. The first kappa shape index (κ1) is 14.9. The van der Waals surface area contributed by atoms with E-state index >= 15 is 0 Å². The van der Waals surface area contributed by atoms with E-state index in [9.17, 15) is 0 Å². The predicted molar refractivity (Wildman–Crippen MR) is 79.3 cm³/mol. The van der Waals surface area contributed by atoms with Crippen LogP contribution in [0.15, 0.2) is 16.7 Å². The van der Waals surface area contributed by atoms with Crippen molar-refractivity contribution < 1.29 is 9.26 Å². The van der Waals surface area contributed by atoms with Crippen molar-refractivity contribution >= 4 is 0 Å². The lowest BCUT2D eigenvalue weighted by Crippen LogP contribution is -2.36. The van der Waals surface area contributed by atoms with Gasteiger partial charge in [-0.15, -0.1) is 5.10 Å². The van der Waals surface area contributed by atoms with Gasteiger partial charge < -0.3 is 9.26 Å². The third-order valence-corrected chi connectivity index (χ3v) is 3.93. The fourth-order valence-corrected chi connectivity index (χ4v) is 2.91. The van der Waals surface area contributed by atoms with Gasteiger partial charge in [-0.3, -0.25) is 4.90 Å². The number of piperidine rings is 1. The Morgan fingerprint density at radius 2 is 2.27 bits per heavy atom. The van der Waals surface area contributed by atoms with Crippen LogP contribution in [-0.2, 0) is 13.0 Å². The fraction of sp³-hybridized carbons (Fsp3) is 0.600. The SMILES string of the molecule is COc1ccc(CN2CCC[C@H](Cc3noc(C)n3)C2)nn1. The standard InChI is InChI=1S/C15H21N5O2/c1-11-16-14(19-22-11)8-12-4-3-7-20(9-12)10-13-5-6-15(21-2)18-17-13/h5-6,12H,3-4,7-10H2,1-2H3/t12-/m1/s1. The summed E-state index contributed by atoms with van der Waals surface area (Å²) in [5.74, 6) is 2.56. The molecular weight excluding hydrogens is 282 g/mol. The average Bonchev–Trinajstić information content (AvgIpc) is 2.93. The van der Waals surface area contributed by atoms with Gasteiger partial charge in [-0.05, 0) is 31.4 Å². The Bertz CT molecular complexity index is 598. The molecule has 2 aromatic heterocycles. The van der Waals surface area contributed by atoms with E-state index in [1.54, 1.807) is 7.11 Å². The maximum absolute atomic E-state index is 5.05. The molecule has 1 aliphatic rings. The minimum Gasteiger partial charge on any atom is -0.480 e. The van der Waals surface area contributed by atoms with Gasteiger partial charge in [0.05, 0.1) is 12.8 Å². The number of aryl methyl sites for hydroxylation is 1. The van der Waals surface area contributed by atoms with Gasteiger partial charge in [0.2, 0.25) is 11.8 Å². The maximum atomic E-state index is 5.05. The van der Waals surface area contributed by atoms with E-state index in [4.69, 9.17) is 9.26 Å². The second-order valence-corrected chi connectivity index (χ2v) is 5.74. The van der Waals surface area contributed by atoms with Crippen LogP contribution >= 0.6 is 0 Å². The topological polar surface area (TPSA) is 77.2 Å². The van der Waals surface area contributed by atoms with Gasteiger partial charge in [0.25, 0.3) is 0 Å². The van der Waals surface area contributed by atoms with Gasteiger partial charge in [-0.2, -0.15) is 10.1 Å². The molecule has 1 fully saturated rings. The van der Waals surface area contributed by atoms with Gasteiger partial charge in [0.15, 0.2) is 5.82 Å². The number of rotatable bonds is 5. The van der Waals surface area contributed by atoms with Crippen LogP contribution in [0.25, 0.3) is 0 Å². The summed E-state index contributed by atoms with van der Waals surface area (Å²) in [7, 11) is 1.60. The van der Waals surface area contributed by atoms with E-state index < -0.39 is 0 Å². The number of ether oxygens (including phenoxy) is 1. The zero-order valence-corrected chi connectivity index (χ0v) is 13.0. The number of likely N-dealkylation sites (tertiary alicyclic amines) is 1. The molecule has 1 saturated heterocycles. The van der Waals surface area contributed by atoms with E-state index in [0.717, 1.165) is 37.6 Å². The van der Waals surface area contributed by atoms with Crippen LogP contribution in [-0.4, -0.2) is 45.4 Å². The summed E-state index contributed by atoms with van der Waals surface area (Å²) in [5, 5.41) is 12.2. The van der Waals surface area contributed by atoms with Crippen molar-refractivity contribution in [1.29, 1.82) is 0 Å². The van der Waals surface area contributed by atoms with Gasteiger partial charge in [0, 0.05) is 32.5 Å². The first-order valence-corrected chi connectivity index (χ1v) is 7.61. The van der Waals surface area contributed by atoms with Crippen molar-refractivity contribution in [2.75, 3.05) is 20.2 Å². The molecular formula is C15H21N5O2. The van der Waals surface area contributed by atoms with Crippen molar-refractivity contribution in [3.8, 4) is 5.88 Å². The Labute approximate surface area is 129 Å². The second kappa shape index (κ2) is 6.83. The molecule has 0 bridgehead atoms. The van der Waals surface area contributed by atoms with Crippen molar-refractivity contribution in [2.45, 2.75) is 32.7 Å². The first-order chi connectivity index (χ1) is 10.7. The van der Waals surface area contributed by atoms with E-state index in [0.29, 0.717) is 17.7 Å². The minimum absolute atomic E-state index is 0.549. The van der Waals surface area contributed by atoms with Gasteiger partial charge in [-0.25, -0.2) is 0 Å². The maximum Gasteiger partial charge on any atom is 0.233 e. The van der Waals surface area contributed by atoms with E-state index in [-0.39, 0.29) is 0 Å². The number of aromatic nitrogens is 4. The molecule has 0 aliphatic carbocycles. The highest BCUT2D eigenvalue weighted by atomic mass is 16.5. The molecule has 22 heavy (non-hydrogen) atoms. The molecule has 0 N–H and O–H groups in total. The largest absolute Gasteiger partial charge is 0.480 e. The van der Waals surface area contributed by atoms with Gasteiger partial charge >= 0.3 is 0 Å². The minimum atomic E-state index is 0.549. The zero-order chi connectivity index (χ0) is 15.4. The van der Waals surface area contributed by atoms with Crippen LogP contribution in [0, 0.1) is 12.8 Å². The summed E-state index contributed by atoms with van der Waals surface area (Å²) >= 11 is 0. The molecule has 1 aliphatic heterocycles. The number of nitrogens with zero attached hydrogens (tertiary/aromatic N) is 5. The molecule has 2 aromatic rings. The molecule has 7 heteroatoms. The van der Waals surface area contributed by atoms with E-state index in [1.807, 2.05) is 19.1 Å². The molecule has 0 aromatic carbocycles. The highest BCUT2D eigenvalue weighted by molar-refractivity contribution is 5.11. The Kier molecular flexibility index (Phi) is 4.62. The van der Waals surface area contributed by atoms with Crippen molar-refractivity contribution in [2.24, 2.45) is 5.92 Å². The van der Waals surface area contributed by atoms with Crippen LogP contribution < -0.4 is 4.74 Å². The van der Waals surface area contributed by atoms with Crippen LogP contribution in [0.3, 0.4) is 0 Å². The van der Waals surface area contributed by atoms with Crippen molar-refractivity contribution in [1.82, 2.24) is 25.2 Å². The highest BCUT2D eigenvalue weighted by Gasteiger charge is 2.22. The molecule has 7 nitrogen and oxygen atoms in total. The van der Waals surface area contributed by atoms with Gasteiger partial charge in [-0.1, -0.05) is 5.16 Å². The van der Waals surface area contributed by atoms with Crippen LogP contribution in [0.1, 0.15) is 30.3 Å². The third kappa shape index (κ3) is 3.79. The Balaban J connectivity index is 1.55. The first-order valence-electron chi connectivity index (χ1n) is 7.61. The molecule has 1 atom stereocenters. The lowest BCUT2D eigenvalue weighted by Gasteiger charge is -2.31.